The number of hydrogen-bond donors (Lipinski definition) is 1. The summed E-state index contributed by atoms with van der Waals surface area (Å²) in [5, 5.41) is 2.70. The molecule has 1 aliphatic rings. The molecule has 0 bridgehead atoms. The summed E-state index contributed by atoms with van der Waals surface area (Å²) in [7, 11) is 0. The summed E-state index contributed by atoms with van der Waals surface area (Å²) >= 11 is 5.84. The largest absolute Gasteiger partial charge is 0.319 e. The maximum atomic E-state index is 13.9. The lowest BCUT2D eigenvalue weighted by molar-refractivity contribution is 0.0642. The molecule has 5 nitrogen and oxygen atoms in total. The molecule has 3 aromatic carbocycles. The van der Waals surface area contributed by atoms with E-state index < -0.39 is 23.5 Å². The molecule has 0 aromatic heterocycles. The van der Waals surface area contributed by atoms with E-state index in [1.54, 1.807) is 0 Å². The van der Waals surface area contributed by atoms with E-state index in [1.807, 2.05) is 30.3 Å². The van der Waals surface area contributed by atoms with Crippen LogP contribution in [0.3, 0.4) is 0 Å². The van der Waals surface area contributed by atoms with Gasteiger partial charge in [-0.15, -0.1) is 0 Å². The third-order valence-electron chi connectivity index (χ3n) is 4.59. The van der Waals surface area contributed by atoms with Gasteiger partial charge >= 0.3 is 0 Å². The normalized spacial score (nSPS) is 12.8. The zero-order chi connectivity index (χ0) is 20.5. The van der Waals surface area contributed by atoms with E-state index in [4.69, 9.17) is 11.6 Å². The average Bonchev–Trinajstić information content (AvgIpc) is 2.96. The summed E-state index contributed by atoms with van der Waals surface area (Å²) in [6, 6.07) is 17.1. The number of benzene rings is 3. The molecule has 0 saturated heterocycles. The van der Waals surface area contributed by atoms with Crippen molar-refractivity contribution in [2.24, 2.45) is 0 Å². The second-order valence-corrected chi connectivity index (χ2v) is 6.96. The third-order valence-corrected chi connectivity index (χ3v) is 4.83. The molecule has 1 N–H and O–H groups in total. The standard InChI is InChI=1S/C22H14ClFN2O3/c23-15-7-9-18(24)19(11-15)25-20(27)14-6-8-16-17(10-14)22(29)26(21(16)28)12-13-4-2-1-3-5-13/h1-11H,12H2,(H,25,27). The van der Waals surface area contributed by atoms with Crippen LogP contribution in [0.25, 0.3) is 0 Å². The van der Waals surface area contributed by atoms with Crippen molar-refractivity contribution in [3.63, 3.8) is 0 Å². The van der Waals surface area contributed by atoms with Gasteiger partial charge < -0.3 is 5.32 Å². The highest BCUT2D eigenvalue weighted by Crippen LogP contribution is 2.26. The van der Waals surface area contributed by atoms with E-state index in [1.165, 1.54) is 30.3 Å². The average molecular weight is 409 g/mol. The van der Waals surface area contributed by atoms with Crippen LogP contribution in [0.15, 0.2) is 66.7 Å². The van der Waals surface area contributed by atoms with Gasteiger partial charge in [0.15, 0.2) is 0 Å². The van der Waals surface area contributed by atoms with Crippen LogP contribution < -0.4 is 5.32 Å². The SMILES string of the molecule is O=C(Nc1cc(Cl)ccc1F)c1ccc2c(c1)C(=O)N(Cc1ccccc1)C2=O. The van der Waals surface area contributed by atoms with Crippen LogP contribution >= 0.6 is 11.6 Å². The Labute approximate surface area is 170 Å². The number of amides is 3. The van der Waals surface area contributed by atoms with Crippen LogP contribution in [0.5, 0.6) is 0 Å². The molecule has 0 radical (unpaired) electrons. The lowest BCUT2D eigenvalue weighted by atomic mass is 10.1. The second-order valence-electron chi connectivity index (χ2n) is 6.52. The van der Waals surface area contributed by atoms with E-state index in [2.05, 4.69) is 5.32 Å². The highest BCUT2D eigenvalue weighted by molar-refractivity contribution is 6.31. The van der Waals surface area contributed by atoms with Crippen molar-refractivity contribution in [3.05, 3.63) is 99.8 Å². The molecule has 29 heavy (non-hydrogen) atoms. The van der Waals surface area contributed by atoms with E-state index in [9.17, 15) is 18.8 Å². The molecule has 1 heterocycles. The van der Waals surface area contributed by atoms with Crippen LogP contribution in [0.2, 0.25) is 5.02 Å². The predicted molar refractivity (Wildman–Crippen MR) is 106 cm³/mol. The smallest absolute Gasteiger partial charge is 0.261 e. The van der Waals surface area contributed by atoms with E-state index in [0.717, 1.165) is 16.5 Å². The fraction of sp³-hybridized carbons (Fsp3) is 0.0455. The Hall–Kier alpha value is -3.51. The number of imide groups is 1. The summed E-state index contributed by atoms with van der Waals surface area (Å²) in [6.07, 6.45) is 0. The molecular formula is C22H14ClFN2O3. The van der Waals surface area contributed by atoms with Gasteiger partial charge in [0.1, 0.15) is 5.82 Å². The minimum Gasteiger partial charge on any atom is -0.319 e. The Balaban J connectivity index is 1.58. The lowest BCUT2D eigenvalue weighted by Crippen LogP contribution is -2.29. The summed E-state index contributed by atoms with van der Waals surface area (Å²) in [5.41, 5.74) is 1.25. The van der Waals surface area contributed by atoms with E-state index in [-0.39, 0.29) is 33.9 Å². The fourth-order valence-corrected chi connectivity index (χ4v) is 3.30. The first-order chi connectivity index (χ1) is 13.9. The van der Waals surface area contributed by atoms with Crippen molar-refractivity contribution >= 4 is 35.0 Å². The molecule has 0 atom stereocenters. The molecular weight excluding hydrogens is 395 g/mol. The Kier molecular flexibility index (Phi) is 4.86. The number of anilines is 1. The summed E-state index contributed by atoms with van der Waals surface area (Å²) in [5.74, 6) is -2.14. The molecule has 0 fully saturated rings. The number of rotatable bonds is 4. The van der Waals surface area contributed by atoms with E-state index in [0.29, 0.717) is 0 Å². The molecule has 0 unspecified atom stereocenters. The van der Waals surface area contributed by atoms with Crippen molar-refractivity contribution in [1.82, 2.24) is 4.90 Å². The van der Waals surface area contributed by atoms with Gasteiger partial charge in [-0.2, -0.15) is 0 Å². The zero-order valence-electron chi connectivity index (χ0n) is 15.0. The van der Waals surface area contributed by atoms with Crippen LogP contribution in [-0.2, 0) is 6.54 Å². The number of hydrogen-bond acceptors (Lipinski definition) is 3. The molecule has 4 rings (SSSR count). The molecule has 0 spiro atoms. The molecule has 3 aromatic rings. The Morgan fingerprint density at radius 1 is 0.931 bits per heavy atom. The Bertz CT molecular complexity index is 1150. The summed E-state index contributed by atoms with van der Waals surface area (Å²) < 4.78 is 13.9. The minimum atomic E-state index is -0.635. The number of nitrogens with zero attached hydrogens (tertiary/aromatic N) is 1. The lowest BCUT2D eigenvalue weighted by Gasteiger charge is -2.13. The van der Waals surface area contributed by atoms with Gasteiger partial charge in [-0.3, -0.25) is 19.3 Å². The number of carbonyl (C=O) groups is 3. The van der Waals surface area contributed by atoms with Gasteiger partial charge in [0.05, 0.1) is 23.4 Å². The molecule has 7 heteroatoms. The van der Waals surface area contributed by atoms with Crippen molar-refractivity contribution < 1.29 is 18.8 Å². The highest BCUT2D eigenvalue weighted by atomic mass is 35.5. The first kappa shape index (κ1) is 18.8. The van der Waals surface area contributed by atoms with E-state index >= 15 is 0 Å². The number of carbonyl (C=O) groups excluding carboxylic acids is 3. The number of fused-ring (bicyclic) bond motifs is 1. The minimum absolute atomic E-state index is 0.0731. The van der Waals surface area contributed by atoms with Crippen LogP contribution in [0.4, 0.5) is 10.1 Å². The predicted octanol–water partition coefficient (Wildman–Crippen LogP) is 4.53. The number of halogens is 2. The van der Waals surface area contributed by atoms with Crippen molar-refractivity contribution in [2.75, 3.05) is 5.32 Å². The zero-order valence-corrected chi connectivity index (χ0v) is 15.7. The Morgan fingerprint density at radius 3 is 2.41 bits per heavy atom. The Morgan fingerprint density at radius 2 is 1.66 bits per heavy atom. The second kappa shape index (κ2) is 7.48. The van der Waals surface area contributed by atoms with Gasteiger partial charge in [0.25, 0.3) is 17.7 Å². The maximum Gasteiger partial charge on any atom is 0.261 e. The van der Waals surface area contributed by atoms with Gasteiger partial charge in [-0.1, -0.05) is 41.9 Å². The van der Waals surface area contributed by atoms with Gasteiger partial charge in [0, 0.05) is 10.6 Å². The highest BCUT2D eigenvalue weighted by Gasteiger charge is 2.36. The molecule has 1 aliphatic heterocycles. The quantitative estimate of drug-likeness (QED) is 0.645. The molecule has 0 aliphatic carbocycles. The molecule has 3 amide bonds. The van der Waals surface area contributed by atoms with Gasteiger partial charge in [0.2, 0.25) is 0 Å². The molecule has 144 valence electrons. The summed E-state index contributed by atoms with van der Waals surface area (Å²) in [6.45, 7) is 0.141. The van der Waals surface area contributed by atoms with Crippen LogP contribution in [0, 0.1) is 5.82 Å². The van der Waals surface area contributed by atoms with Crippen LogP contribution in [-0.4, -0.2) is 22.6 Å². The first-order valence-electron chi connectivity index (χ1n) is 8.74. The number of nitrogens with one attached hydrogen (secondary N) is 1. The maximum absolute atomic E-state index is 13.9. The van der Waals surface area contributed by atoms with Gasteiger partial charge in [-0.05, 0) is 42.0 Å². The van der Waals surface area contributed by atoms with Crippen molar-refractivity contribution in [1.29, 1.82) is 0 Å². The fourth-order valence-electron chi connectivity index (χ4n) is 3.13. The monoisotopic (exact) mass is 408 g/mol. The topological polar surface area (TPSA) is 66.5 Å². The van der Waals surface area contributed by atoms with Crippen molar-refractivity contribution in [2.45, 2.75) is 6.54 Å². The van der Waals surface area contributed by atoms with Crippen molar-refractivity contribution in [3.8, 4) is 0 Å². The molecule has 0 saturated carbocycles. The van der Waals surface area contributed by atoms with Crippen LogP contribution in [0.1, 0.15) is 36.6 Å². The summed E-state index contributed by atoms with van der Waals surface area (Å²) in [4.78, 5) is 39.0. The van der Waals surface area contributed by atoms with Gasteiger partial charge in [-0.25, -0.2) is 4.39 Å². The first-order valence-corrected chi connectivity index (χ1v) is 9.12. The third kappa shape index (κ3) is 3.62.